The number of aromatic carboxylic acids is 1. The zero-order valence-corrected chi connectivity index (χ0v) is 9.41. The molecule has 0 saturated heterocycles. The van der Waals surface area contributed by atoms with Crippen molar-refractivity contribution in [2.75, 3.05) is 19.0 Å². The van der Waals surface area contributed by atoms with Gasteiger partial charge in [-0.3, -0.25) is 0 Å². The summed E-state index contributed by atoms with van der Waals surface area (Å²) in [5, 5.41) is 12.8. The standard InChI is InChI=1S/C11H11N3O3/c1-14(2)11-12-9(17-13-11)7-5-3-4-6-8(7)10(15)16/h3-6H,1-2H3,(H,15,16). The summed E-state index contributed by atoms with van der Waals surface area (Å²) in [6, 6.07) is 6.51. The Morgan fingerprint density at radius 2 is 2.06 bits per heavy atom. The summed E-state index contributed by atoms with van der Waals surface area (Å²) in [4.78, 5) is 16.8. The van der Waals surface area contributed by atoms with Crippen LogP contribution in [0.2, 0.25) is 0 Å². The third kappa shape index (κ3) is 2.10. The van der Waals surface area contributed by atoms with Gasteiger partial charge in [0.1, 0.15) is 0 Å². The molecule has 2 aromatic rings. The van der Waals surface area contributed by atoms with E-state index >= 15 is 0 Å². The molecule has 0 amide bonds. The fourth-order valence-corrected chi connectivity index (χ4v) is 1.36. The molecule has 6 heteroatoms. The number of nitrogens with zero attached hydrogens (tertiary/aromatic N) is 3. The Morgan fingerprint density at radius 1 is 1.35 bits per heavy atom. The maximum atomic E-state index is 11.0. The van der Waals surface area contributed by atoms with Gasteiger partial charge in [0, 0.05) is 14.1 Å². The molecular weight excluding hydrogens is 222 g/mol. The molecule has 1 aromatic carbocycles. The number of carboxylic acids is 1. The lowest BCUT2D eigenvalue weighted by Gasteiger charge is -2.02. The quantitative estimate of drug-likeness (QED) is 0.865. The summed E-state index contributed by atoms with van der Waals surface area (Å²) in [5.74, 6) is -0.419. The van der Waals surface area contributed by atoms with Crippen molar-refractivity contribution in [1.82, 2.24) is 10.1 Å². The lowest BCUT2D eigenvalue weighted by atomic mass is 10.1. The third-order valence-corrected chi connectivity index (χ3v) is 2.20. The molecule has 0 spiro atoms. The average Bonchev–Trinajstić information content (AvgIpc) is 2.78. The minimum Gasteiger partial charge on any atom is -0.478 e. The van der Waals surface area contributed by atoms with Crippen molar-refractivity contribution in [3.63, 3.8) is 0 Å². The van der Waals surface area contributed by atoms with Crippen LogP contribution in [0.4, 0.5) is 5.95 Å². The minimum absolute atomic E-state index is 0.140. The van der Waals surface area contributed by atoms with Crippen LogP contribution in [-0.4, -0.2) is 35.3 Å². The number of aromatic nitrogens is 2. The molecule has 0 radical (unpaired) electrons. The van der Waals surface area contributed by atoms with Crippen molar-refractivity contribution in [3.8, 4) is 11.5 Å². The van der Waals surface area contributed by atoms with E-state index in [0.29, 0.717) is 11.5 Å². The van der Waals surface area contributed by atoms with E-state index in [1.807, 2.05) is 0 Å². The smallest absolute Gasteiger partial charge is 0.336 e. The first-order chi connectivity index (χ1) is 8.09. The molecule has 88 valence electrons. The number of hydrogen-bond acceptors (Lipinski definition) is 5. The molecule has 1 N–H and O–H groups in total. The van der Waals surface area contributed by atoms with Gasteiger partial charge < -0.3 is 14.5 Å². The van der Waals surface area contributed by atoms with Crippen molar-refractivity contribution in [2.24, 2.45) is 0 Å². The predicted molar refractivity (Wildman–Crippen MR) is 61.0 cm³/mol. The Bertz CT molecular complexity index is 548. The molecule has 6 nitrogen and oxygen atoms in total. The molecule has 0 bridgehead atoms. The highest BCUT2D eigenvalue weighted by atomic mass is 16.5. The molecule has 0 unspecified atom stereocenters. The molecule has 1 heterocycles. The van der Waals surface area contributed by atoms with Crippen LogP contribution in [0.15, 0.2) is 28.8 Å². The van der Waals surface area contributed by atoms with Gasteiger partial charge in [-0.25, -0.2) is 4.79 Å². The molecule has 17 heavy (non-hydrogen) atoms. The van der Waals surface area contributed by atoms with Gasteiger partial charge >= 0.3 is 5.97 Å². The number of benzene rings is 1. The normalized spacial score (nSPS) is 10.2. The van der Waals surface area contributed by atoms with E-state index in [1.54, 1.807) is 37.2 Å². The number of anilines is 1. The van der Waals surface area contributed by atoms with Crippen molar-refractivity contribution >= 4 is 11.9 Å². The molecule has 0 aliphatic rings. The van der Waals surface area contributed by atoms with Crippen LogP contribution in [0.1, 0.15) is 10.4 Å². The van der Waals surface area contributed by atoms with Gasteiger partial charge in [-0.2, -0.15) is 4.98 Å². The number of carbonyl (C=O) groups is 1. The molecule has 0 aliphatic heterocycles. The summed E-state index contributed by atoms with van der Waals surface area (Å²) in [5.41, 5.74) is 0.557. The third-order valence-electron chi connectivity index (χ3n) is 2.20. The van der Waals surface area contributed by atoms with Crippen molar-refractivity contribution in [2.45, 2.75) is 0 Å². The molecule has 0 aliphatic carbocycles. The van der Waals surface area contributed by atoms with Gasteiger partial charge in [0.2, 0.25) is 0 Å². The first-order valence-electron chi connectivity index (χ1n) is 4.93. The van der Waals surface area contributed by atoms with Gasteiger partial charge in [0.15, 0.2) is 0 Å². The fraction of sp³-hybridized carbons (Fsp3) is 0.182. The van der Waals surface area contributed by atoms with Crippen LogP contribution in [0, 0.1) is 0 Å². The summed E-state index contributed by atoms with van der Waals surface area (Å²) in [7, 11) is 3.55. The zero-order valence-electron chi connectivity index (χ0n) is 9.41. The Morgan fingerprint density at radius 3 is 2.65 bits per heavy atom. The van der Waals surface area contributed by atoms with E-state index in [-0.39, 0.29) is 11.5 Å². The summed E-state index contributed by atoms with van der Waals surface area (Å²) in [6.45, 7) is 0. The Labute approximate surface area is 97.5 Å². The lowest BCUT2D eigenvalue weighted by Crippen LogP contribution is -2.10. The molecule has 1 aromatic heterocycles. The predicted octanol–water partition coefficient (Wildman–Crippen LogP) is 1.50. The fourth-order valence-electron chi connectivity index (χ4n) is 1.36. The topological polar surface area (TPSA) is 79.5 Å². The lowest BCUT2D eigenvalue weighted by molar-refractivity contribution is 0.0697. The molecule has 0 atom stereocenters. The first-order valence-corrected chi connectivity index (χ1v) is 4.93. The van der Waals surface area contributed by atoms with Gasteiger partial charge in [-0.15, -0.1) is 0 Å². The highest BCUT2D eigenvalue weighted by molar-refractivity contribution is 5.94. The Kier molecular flexibility index (Phi) is 2.78. The summed E-state index contributed by atoms with van der Waals surface area (Å²) < 4.78 is 5.04. The highest BCUT2D eigenvalue weighted by Crippen LogP contribution is 2.23. The first kappa shape index (κ1) is 11.1. The largest absolute Gasteiger partial charge is 0.478 e. The van der Waals surface area contributed by atoms with E-state index in [4.69, 9.17) is 9.63 Å². The minimum atomic E-state index is -1.02. The summed E-state index contributed by atoms with van der Waals surface area (Å²) >= 11 is 0. The van der Waals surface area contributed by atoms with Crippen LogP contribution < -0.4 is 4.90 Å². The number of carboxylic acid groups (broad SMARTS) is 1. The van der Waals surface area contributed by atoms with Gasteiger partial charge in [0.05, 0.1) is 11.1 Å². The molecular formula is C11H11N3O3. The second kappa shape index (κ2) is 4.25. The monoisotopic (exact) mass is 233 g/mol. The summed E-state index contributed by atoms with van der Waals surface area (Å²) in [6.07, 6.45) is 0. The molecule has 0 fully saturated rings. The van der Waals surface area contributed by atoms with E-state index in [0.717, 1.165) is 0 Å². The maximum absolute atomic E-state index is 11.0. The second-order valence-electron chi connectivity index (χ2n) is 3.64. The van der Waals surface area contributed by atoms with E-state index in [9.17, 15) is 4.79 Å². The molecule has 2 rings (SSSR count). The molecule has 0 saturated carbocycles. The second-order valence-corrected chi connectivity index (χ2v) is 3.64. The van der Waals surface area contributed by atoms with Gasteiger partial charge in [0.25, 0.3) is 11.8 Å². The highest BCUT2D eigenvalue weighted by Gasteiger charge is 2.16. The van der Waals surface area contributed by atoms with Crippen molar-refractivity contribution in [3.05, 3.63) is 29.8 Å². The SMILES string of the molecule is CN(C)c1noc(-c2ccccc2C(=O)O)n1. The van der Waals surface area contributed by atoms with Gasteiger partial charge in [-0.1, -0.05) is 12.1 Å². The van der Waals surface area contributed by atoms with E-state index in [2.05, 4.69) is 10.1 Å². The Hall–Kier alpha value is -2.37. The van der Waals surface area contributed by atoms with Crippen LogP contribution >= 0.6 is 0 Å². The Balaban J connectivity index is 2.49. The number of rotatable bonds is 3. The maximum Gasteiger partial charge on any atom is 0.336 e. The van der Waals surface area contributed by atoms with Crippen LogP contribution in [0.25, 0.3) is 11.5 Å². The average molecular weight is 233 g/mol. The number of hydrogen-bond donors (Lipinski definition) is 1. The van der Waals surface area contributed by atoms with Crippen molar-refractivity contribution in [1.29, 1.82) is 0 Å². The van der Waals surface area contributed by atoms with Gasteiger partial charge in [-0.05, 0) is 17.3 Å². The van der Waals surface area contributed by atoms with Crippen LogP contribution in [0.5, 0.6) is 0 Å². The van der Waals surface area contributed by atoms with Crippen molar-refractivity contribution < 1.29 is 14.4 Å². The van der Waals surface area contributed by atoms with Crippen LogP contribution in [-0.2, 0) is 0 Å². The zero-order chi connectivity index (χ0) is 12.4. The van der Waals surface area contributed by atoms with E-state index < -0.39 is 5.97 Å². The van der Waals surface area contributed by atoms with E-state index in [1.165, 1.54) is 6.07 Å². The van der Waals surface area contributed by atoms with Crippen LogP contribution in [0.3, 0.4) is 0 Å².